The van der Waals surface area contributed by atoms with Crippen LogP contribution in [0.25, 0.3) is 0 Å². The normalized spacial score (nSPS) is 12.3. The van der Waals surface area contributed by atoms with Crippen LogP contribution in [-0.4, -0.2) is 14.9 Å². The molecule has 1 atom stereocenters. The molecule has 1 aromatic carbocycles. The molecule has 0 N–H and O–H groups in total. The van der Waals surface area contributed by atoms with Gasteiger partial charge in [0.05, 0.1) is 0 Å². The number of hydrogen-bond acceptors (Lipinski definition) is 3. The molecule has 0 spiro atoms. The highest BCUT2D eigenvalue weighted by atomic mass is 15.1. The van der Waals surface area contributed by atoms with E-state index in [4.69, 9.17) is 0 Å². The van der Waals surface area contributed by atoms with E-state index in [1.165, 1.54) is 16.7 Å². The number of pyridine rings is 2. The third-order valence-electron chi connectivity index (χ3n) is 4.05. The van der Waals surface area contributed by atoms with Gasteiger partial charge in [0.2, 0.25) is 0 Å². The lowest BCUT2D eigenvalue weighted by Gasteiger charge is -2.29. The Labute approximate surface area is 137 Å². The molecule has 0 bridgehead atoms. The van der Waals surface area contributed by atoms with Crippen LogP contribution in [0.2, 0.25) is 0 Å². The quantitative estimate of drug-likeness (QED) is 0.682. The van der Waals surface area contributed by atoms with Gasteiger partial charge in [-0.1, -0.05) is 42.5 Å². The summed E-state index contributed by atoms with van der Waals surface area (Å²) in [6.45, 7) is 3.97. The molecule has 0 aliphatic carbocycles. The average Bonchev–Trinajstić information content (AvgIpc) is 2.63. The van der Waals surface area contributed by atoms with Crippen molar-refractivity contribution >= 4 is 0 Å². The molecule has 0 aliphatic rings. The van der Waals surface area contributed by atoms with E-state index in [-0.39, 0.29) is 0 Å². The van der Waals surface area contributed by atoms with Gasteiger partial charge in [0.1, 0.15) is 0 Å². The Morgan fingerprint density at radius 3 is 1.83 bits per heavy atom. The summed E-state index contributed by atoms with van der Waals surface area (Å²) in [5.41, 5.74) is 3.76. The SMILES string of the molecule is CC(c1ccccc1)N(Cc1cccnc1)Cc1cccnc1. The summed E-state index contributed by atoms with van der Waals surface area (Å²) < 4.78 is 0. The van der Waals surface area contributed by atoms with E-state index in [9.17, 15) is 0 Å². The summed E-state index contributed by atoms with van der Waals surface area (Å²) in [7, 11) is 0. The minimum Gasteiger partial charge on any atom is -0.288 e. The largest absolute Gasteiger partial charge is 0.288 e. The van der Waals surface area contributed by atoms with Gasteiger partial charge < -0.3 is 0 Å². The first-order chi connectivity index (χ1) is 11.3. The Bertz CT molecular complexity index is 657. The maximum Gasteiger partial charge on any atom is 0.0326 e. The third kappa shape index (κ3) is 4.24. The highest BCUT2D eigenvalue weighted by Crippen LogP contribution is 2.24. The Hall–Kier alpha value is -2.52. The van der Waals surface area contributed by atoms with E-state index >= 15 is 0 Å². The first kappa shape index (κ1) is 15.4. The van der Waals surface area contributed by atoms with Crippen molar-refractivity contribution in [2.75, 3.05) is 0 Å². The number of hydrogen-bond donors (Lipinski definition) is 0. The Balaban J connectivity index is 1.83. The second-order valence-electron chi connectivity index (χ2n) is 5.71. The van der Waals surface area contributed by atoms with Crippen molar-refractivity contribution in [2.45, 2.75) is 26.1 Å². The number of aromatic nitrogens is 2. The lowest BCUT2D eigenvalue weighted by atomic mass is 10.1. The van der Waals surface area contributed by atoms with Gasteiger partial charge in [0.25, 0.3) is 0 Å². The van der Waals surface area contributed by atoms with Crippen molar-refractivity contribution < 1.29 is 0 Å². The van der Waals surface area contributed by atoms with Crippen molar-refractivity contribution in [2.24, 2.45) is 0 Å². The van der Waals surface area contributed by atoms with E-state index in [0.29, 0.717) is 6.04 Å². The van der Waals surface area contributed by atoms with Crippen LogP contribution in [0.3, 0.4) is 0 Å². The van der Waals surface area contributed by atoms with Crippen LogP contribution >= 0.6 is 0 Å². The zero-order valence-corrected chi connectivity index (χ0v) is 13.3. The van der Waals surface area contributed by atoms with Crippen LogP contribution in [0.5, 0.6) is 0 Å². The highest BCUT2D eigenvalue weighted by Gasteiger charge is 2.16. The van der Waals surface area contributed by atoms with Crippen LogP contribution in [0.15, 0.2) is 79.4 Å². The molecule has 2 heterocycles. The summed E-state index contributed by atoms with van der Waals surface area (Å²) in [5.74, 6) is 0. The zero-order valence-electron chi connectivity index (χ0n) is 13.3. The molecule has 0 saturated carbocycles. The van der Waals surface area contributed by atoms with Crippen LogP contribution in [0.4, 0.5) is 0 Å². The fraction of sp³-hybridized carbons (Fsp3) is 0.200. The molecule has 0 saturated heterocycles. The predicted octanol–water partition coefficient (Wildman–Crippen LogP) is 4.24. The predicted molar refractivity (Wildman–Crippen MR) is 92.6 cm³/mol. The Morgan fingerprint density at radius 2 is 1.35 bits per heavy atom. The van der Waals surface area contributed by atoms with Crippen molar-refractivity contribution in [3.63, 3.8) is 0 Å². The molecule has 0 radical (unpaired) electrons. The van der Waals surface area contributed by atoms with Crippen molar-refractivity contribution in [1.82, 2.24) is 14.9 Å². The third-order valence-corrected chi connectivity index (χ3v) is 4.05. The van der Waals surface area contributed by atoms with Gasteiger partial charge >= 0.3 is 0 Å². The molecule has 116 valence electrons. The van der Waals surface area contributed by atoms with Crippen LogP contribution in [0, 0.1) is 0 Å². The standard InChI is InChI=1S/C20H21N3/c1-17(20-9-3-2-4-10-20)23(15-18-7-5-11-21-13-18)16-19-8-6-12-22-14-19/h2-14,17H,15-16H2,1H3. The Morgan fingerprint density at radius 1 is 0.783 bits per heavy atom. The molecule has 0 fully saturated rings. The number of benzene rings is 1. The van der Waals surface area contributed by atoms with Crippen LogP contribution < -0.4 is 0 Å². The van der Waals surface area contributed by atoms with E-state index < -0.39 is 0 Å². The lowest BCUT2D eigenvalue weighted by Crippen LogP contribution is -2.26. The molecule has 1 unspecified atom stereocenters. The zero-order chi connectivity index (χ0) is 15.9. The van der Waals surface area contributed by atoms with Gasteiger partial charge in [-0.3, -0.25) is 14.9 Å². The van der Waals surface area contributed by atoms with Gasteiger partial charge in [-0.05, 0) is 35.7 Å². The summed E-state index contributed by atoms with van der Waals surface area (Å²) in [6.07, 6.45) is 7.51. The number of nitrogens with zero attached hydrogens (tertiary/aromatic N) is 3. The topological polar surface area (TPSA) is 29.0 Å². The monoisotopic (exact) mass is 303 g/mol. The van der Waals surface area contributed by atoms with Gasteiger partial charge in [-0.2, -0.15) is 0 Å². The fourth-order valence-corrected chi connectivity index (χ4v) is 2.72. The second kappa shape index (κ2) is 7.65. The van der Waals surface area contributed by atoms with E-state index in [0.717, 1.165) is 13.1 Å². The maximum atomic E-state index is 4.24. The smallest absolute Gasteiger partial charge is 0.0326 e. The molecule has 0 aliphatic heterocycles. The average molecular weight is 303 g/mol. The summed E-state index contributed by atoms with van der Waals surface area (Å²) in [4.78, 5) is 10.9. The van der Waals surface area contributed by atoms with Crippen LogP contribution in [-0.2, 0) is 13.1 Å². The maximum absolute atomic E-state index is 4.24. The van der Waals surface area contributed by atoms with Gasteiger partial charge in [0.15, 0.2) is 0 Å². The first-order valence-corrected chi connectivity index (χ1v) is 7.90. The molecule has 3 aromatic rings. The summed E-state index contributed by atoms with van der Waals surface area (Å²) >= 11 is 0. The van der Waals surface area contributed by atoms with Crippen molar-refractivity contribution in [1.29, 1.82) is 0 Å². The minimum absolute atomic E-state index is 0.316. The first-order valence-electron chi connectivity index (χ1n) is 7.90. The molecule has 3 nitrogen and oxygen atoms in total. The summed E-state index contributed by atoms with van der Waals surface area (Å²) in [6, 6.07) is 19.2. The van der Waals surface area contributed by atoms with Gasteiger partial charge in [0, 0.05) is 43.9 Å². The Kier molecular flexibility index (Phi) is 5.12. The lowest BCUT2D eigenvalue weighted by molar-refractivity contribution is 0.191. The van der Waals surface area contributed by atoms with Gasteiger partial charge in [-0.25, -0.2) is 0 Å². The van der Waals surface area contributed by atoms with E-state index in [1.54, 1.807) is 0 Å². The molecule has 3 rings (SSSR count). The summed E-state index contributed by atoms with van der Waals surface area (Å²) in [5, 5.41) is 0. The van der Waals surface area contributed by atoms with Crippen molar-refractivity contribution in [3.8, 4) is 0 Å². The minimum atomic E-state index is 0.316. The molecular formula is C20H21N3. The van der Waals surface area contributed by atoms with E-state index in [2.05, 4.69) is 64.3 Å². The second-order valence-corrected chi connectivity index (χ2v) is 5.71. The number of rotatable bonds is 6. The molecule has 2 aromatic heterocycles. The molecule has 23 heavy (non-hydrogen) atoms. The molecular weight excluding hydrogens is 282 g/mol. The van der Waals surface area contributed by atoms with Crippen molar-refractivity contribution in [3.05, 3.63) is 96.1 Å². The van der Waals surface area contributed by atoms with E-state index in [1.807, 2.05) is 36.9 Å². The fourth-order valence-electron chi connectivity index (χ4n) is 2.72. The van der Waals surface area contributed by atoms with Crippen LogP contribution in [0.1, 0.15) is 29.7 Å². The molecule has 3 heteroatoms. The molecule has 0 amide bonds. The van der Waals surface area contributed by atoms with Gasteiger partial charge in [-0.15, -0.1) is 0 Å². The highest BCUT2D eigenvalue weighted by molar-refractivity contribution is 5.20.